The largest absolute Gasteiger partial charge is 0.497 e. The quantitative estimate of drug-likeness (QED) is 0.728. The summed E-state index contributed by atoms with van der Waals surface area (Å²) in [6, 6.07) is 15.2. The molecule has 1 saturated carbocycles. The van der Waals surface area contributed by atoms with E-state index in [0.717, 1.165) is 29.8 Å². The van der Waals surface area contributed by atoms with Gasteiger partial charge in [-0.15, -0.1) is 5.10 Å². The zero-order valence-corrected chi connectivity index (χ0v) is 15.3. The molecule has 0 radical (unpaired) electrons. The summed E-state index contributed by atoms with van der Waals surface area (Å²) in [6.45, 7) is 1.82. The number of tetrazole rings is 1. The first-order chi connectivity index (χ1) is 13.2. The van der Waals surface area contributed by atoms with Gasteiger partial charge in [0.15, 0.2) is 5.82 Å². The van der Waals surface area contributed by atoms with Crippen molar-refractivity contribution in [2.24, 2.45) is 5.92 Å². The van der Waals surface area contributed by atoms with Gasteiger partial charge in [-0.05, 0) is 72.0 Å². The van der Waals surface area contributed by atoms with Gasteiger partial charge in [-0.3, -0.25) is 4.79 Å². The van der Waals surface area contributed by atoms with E-state index in [9.17, 15) is 4.79 Å². The highest BCUT2D eigenvalue weighted by atomic mass is 16.5. The smallest absolute Gasteiger partial charge is 0.251 e. The predicted octanol–water partition coefficient (Wildman–Crippen LogP) is 2.86. The van der Waals surface area contributed by atoms with E-state index in [1.165, 1.54) is 0 Å². The second-order valence-electron chi connectivity index (χ2n) is 6.75. The monoisotopic (exact) mass is 363 g/mol. The van der Waals surface area contributed by atoms with Crippen molar-refractivity contribution in [1.29, 1.82) is 0 Å². The van der Waals surface area contributed by atoms with Gasteiger partial charge in [-0.25, -0.2) is 0 Å². The Morgan fingerprint density at radius 3 is 2.63 bits per heavy atom. The Kier molecular flexibility index (Phi) is 4.58. The van der Waals surface area contributed by atoms with Gasteiger partial charge in [0.1, 0.15) is 5.75 Å². The van der Waals surface area contributed by atoms with Gasteiger partial charge >= 0.3 is 0 Å². The average molecular weight is 363 g/mol. The van der Waals surface area contributed by atoms with Crippen LogP contribution in [0.15, 0.2) is 48.5 Å². The summed E-state index contributed by atoms with van der Waals surface area (Å²) >= 11 is 0. The molecule has 138 valence electrons. The van der Waals surface area contributed by atoms with Crippen molar-refractivity contribution in [2.45, 2.75) is 25.8 Å². The number of hydrogen-bond acceptors (Lipinski definition) is 5. The van der Waals surface area contributed by atoms with Crippen molar-refractivity contribution in [1.82, 2.24) is 25.5 Å². The molecule has 1 amide bonds. The minimum Gasteiger partial charge on any atom is -0.497 e. The number of benzene rings is 2. The molecule has 4 rings (SSSR count). The van der Waals surface area contributed by atoms with E-state index in [-0.39, 0.29) is 11.9 Å². The first-order valence-electron chi connectivity index (χ1n) is 8.96. The molecule has 0 bridgehead atoms. The van der Waals surface area contributed by atoms with Gasteiger partial charge in [-0.1, -0.05) is 18.2 Å². The molecule has 1 fully saturated rings. The fourth-order valence-electron chi connectivity index (χ4n) is 3.19. The van der Waals surface area contributed by atoms with Gasteiger partial charge in [0, 0.05) is 5.56 Å². The molecule has 7 nitrogen and oxygen atoms in total. The maximum absolute atomic E-state index is 12.9. The Morgan fingerprint density at radius 2 is 2.00 bits per heavy atom. The standard InChI is InChI=1S/C20H21N5O2/c1-13-22-23-24-25(13)17-5-3-4-16(12-17)20(26)21-19(14-6-7-14)15-8-10-18(27-2)11-9-15/h3-5,8-12,14,19H,6-7H2,1-2H3,(H,21,26)/t19-/m1/s1. The number of amides is 1. The molecule has 0 unspecified atom stereocenters. The lowest BCUT2D eigenvalue weighted by Crippen LogP contribution is -2.30. The van der Waals surface area contributed by atoms with Crippen LogP contribution in [0.4, 0.5) is 0 Å². The highest BCUT2D eigenvalue weighted by molar-refractivity contribution is 5.95. The molecule has 3 aromatic rings. The Bertz CT molecular complexity index is 947. The number of hydrogen-bond donors (Lipinski definition) is 1. The minimum atomic E-state index is -0.102. The van der Waals surface area contributed by atoms with Crippen molar-refractivity contribution in [3.05, 3.63) is 65.5 Å². The van der Waals surface area contributed by atoms with E-state index in [4.69, 9.17) is 4.74 Å². The molecule has 7 heteroatoms. The molecule has 2 aromatic carbocycles. The van der Waals surface area contributed by atoms with Crippen LogP contribution in [0.2, 0.25) is 0 Å². The third-order valence-electron chi connectivity index (χ3n) is 4.83. The van der Waals surface area contributed by atoms with Gasteiger partial charge in [-0.2, -0.15) is 4.68 Å². The van der Waals surface area contributed by atoms with Crippen LogP contribution in [0.5, 0.6) is 5.75 Å². The number of carbonyl (C=O) groups excluding carboxylic acids is 1. The summed E-state index contributed by atoms with van der Waals surface area (Å²) < 4.78 is 6.84. The number of nitrogens with one attached hydrogen (secondary N) is 1. The molecule has 1 aliphatic carbocycles. The third kappa shape index (κ3) is 3.67. The van der Waals surface area contributed by atoms with E-state index < -0.39 is 0 Å². The van der Waals surface area contributed by atoms with Crippen LogP contribution < -0.4 is 10.1 Å². The third-order valence-corrected chi connectivity index (χ3v) is 4.83. The normalized spacial score (nSPS) is 14.6. The first-order valence-corrected chi connectivity index (χ1v) is 8.96. The molecular weight excluding hydrogens is 342 g/mol. The Hall–Kier alpha value is -3.22. The van der Waals surface area contributed by atoms with E-state index in [0.29, 0.717) is 17.3 Å². The lowest BCUT2D eigenvalue weighted by Gasteiger charge is -2.19. The number of aromatic nitrogens is 4. The molecule has 0 aliphatic heterocycles. The molecule has 1 aromatic heterocycles. The second-order valence-corrected chi connectivity index (χ2v) is 6.75. The van der Waals surface area contributed by atoms with Crippen LogP contribution in [0.3, 0.4) is 0 Å². The molecule has 1 heterocycles. The number of aryl methyl sites for hydroxylation is 1. The molecule has 0 spiro atoms. The Balaban J connectivity index is 1.55. The Morgan fingerprint density at radius 1 is 1.22 bits per heavy atom. The van der Waals surface area contributed by atoms with Gasteiger partial charge in [0.05, 0.1) is 18.8 Å². The molecule has 1 aliphatic rings. The summed E-state index contributed by atoms with van der Waals surface area (Å²) in [6.07, 6.45) is 2.25. The van der Waals surface area contributed by atoms with E-state index >= 15 is 0 Å². The molecule has 27 heavy (non-hydrogen) atoms. The van der Waals surface area contributed by atoms with Crippen molar-refractivity contribution in [2.75, 3.05) is 7.11 Å². The van der Waals surface area contributed by atoms with Crippen molar-refractivity contribution >= 4 is 5.91 Å². The lowest BCUT2D eigenvalue weighted by molar-refractivity contribution is 0.0931. The SMILES string of the molecule is COc1ccc([C@H](NC(=O)c2cccc(-n3nnnc3C)c2)C2CC2)cc1. The number of nitrogens with zero attached hydrogens (tertiary/aromatic N) is 4. The van der Waals surface area contributed by atoms with Crippen LogP contribution in [0.1, 0.15) is 40.6 Å². The van der Waals surface area contributed by atoms with Gasteiger partial charge in [0.2, 0.25) is 0 Å². The molecular formula is C20H21N5O2. The van der Waals surface area contributed by atoms with Crippen LogP contribution >= 0.6 is 0 Å². The number of carbonyl (C=O) groups is 1. The molecule has 0 saturated heterocycles. The summed E-state index contributed by atoms with van der Waals surface area (Å²) in [5.74, 6) is 1.85. The van der Waals surface area contributed by atoms with Crippen LogP contribution in [-0.4, -0.2) is 33.2 Å². The van der Waals surface area contributed by atoms with Crippen LogP contribution in [0.25, 0.3) is 5.69 Å². The highest BCUT2D eigenvalue weighted by Gasteiger charge is 2.33. The topological polar surface area (TPSA) is 81.9 Å². The zero-order valence-electron chi connectivity index (χ0n) is 15.3. The first kappa shape index (κ1) is 17.2. The summed E-state index contributed by atoms with van der Waals surface area (Å²) in [7, 11) is 1.65. The summed E-state index contributed by atoms with van der Waals surface area (Å²) in [4.78, 5) is 12.9. The number of ether oxygens (including phenoxy) is 1. The van der Waals surface area contributed by atoms with E-state index in [2.05, 4.69) is 20.8 Å². The number of rotatable bonds is 6. The Labute approximate surface area is 157 Å². The summed E-state index contributed by atoms with van der Waals surface area (Å²) in [5, 5.41) is 14.7. The van der Waals surface area contributed by atoms with Crippen LogP contribution in [-0.2, 0) is 0 Å². The van der Waals surface area contributed by atoms with Crippen LogP contribution in [0, 0.1) is 12.8 Å². The van der Waals surface area contributed by atoms with Crippen molar-refractivity contribution in [3.8, 4) is 11.4 Å². The van der Waals surface area contributed by atoms with Gasteiger partial charge < -0.3 is 10.1 Å². The van der Waals surface area contributed by atoms with Gasteiger partial charge in [0.25, 0.3) is 5.91 Å². The predicted molar refractivity (Wildman–Crippen MR) is 99.8 cm³/mol. The van der Waals surface area contributed by atoms with Crippen molar-refractivity contribution < 1.29 is 9.53 Å². The average Bonchev–Trinajstić information content (AvgIpc) is 3.46. The van der Waals surface area contributed by atoms with E-state index in [1.54, 1.807) is 23.9 Å². The number of methoxy groups -OCH3 is 1. The minimum absolute atomic E-state index is 0.00170. The van der Waals surface area contributed by atoms with E-state index in [1.807, 2.05) is 43.3 Å². The second kappa shape index (κ2) is 7.19. The fourth-order valence-corrected chi connectivity index (χ4v) is 3.19. The fraction of sp³-hybridized carbons (Fsp3) is 0.300. The molecule has 1 atom stereocenters. The molecule has 1 N–H and O–H groups in total. The maximum Gasteiger partial charge on any atom is 0.251 e. The zero-order chi connectivity index (χ0) is 18.8. The lowest BCUT2D eigenvalue weighted by atomic mass is 10.0. The van der Waals surface area contributed by atoms with Crippen molar-refractivity contribution in [3.63, 3.8) is 0 Å². The summed E-state index contributed by atoms with van der Waals surface area (Å²) in [5.41, 5.74) is 2.44. The maximum atomic E-state index is 12.9. The highest BCUT2D eigenvalue weighted by Crippen LogP contribution is 2.41.